The van der Waals surface area contributed by atoms with E-state index in [4.69, 9.17) is 0 Å². The Bertz CT molecular complexity index is 269. The second-order valence-electron chi connectivity index (χ2n) is 5.61. The first-order chi connectivity index (χ1) is 8.16. The van der Waals surface area contributed by atoms with Crippen molar-refractivity contribution in [3.05, 3.63) is 0 Å². The summed E-state index contributed by atoms with van der Waals surface area (Å²) >= 11 is 0. The molecule has 98 valence electrons. The second-order valence-corrected chi connectivity index (χ2v) is 5.61. The van der Waals surface area contributed by atoms with Crippen LogP contribution in [0.3, 0.4) is 0 Å². The van der Waals surface area contributed by atoms with E-state index in [1.807, 2.05) is 0 Å². The largest absolute Gasteiger partial charge is 0.341 e. The first kappa shape index (κ1) is 12.8. The van der Waals surface area contributed by atoms with Crippen LogP contribution in [0.4, 0.5) is 0 Å². The lowest BCUT2D eigenvalue weighted by molar-refractivity contribution is -0.134. The number of carbonyl (C=O) groups is 1. The highest BCUT2D eigenvalue weighted by Crippen LogP contribution is 2.16. The monoisotopic (exact) mass is 239 g/mol. The molecule has 4 nitrogen and oxygen atoms in total. The normalized spacial score (nSPS) is 31.5. The number of piperidine rings is 1. The van der Waals surface area contributed by atoms with E-state index in [1.54, 1.807) is 0 Å². The van der Waals surface area contributed by atoms with Crippen molar-refractivity contribution in [3.63, 3.8) is 0 Å². The molecule has 0 aromatic rings. The van der Waals surface area contributed by atoms with E-state index in [1.165, 1.54) is 12.8 Å². The first-order valence-electron chi connectivity index (χ1n) is 6.89. The molecule has 2 fully saturated rings. The van der Waals surface area contributed by atoms with E-state index < -0.39 is 0 Å². The maximum Gasteiger partial charge on any atom is 0.236 e. The van der Waals surface area contributed by atoms with Gasteiger partial charge in [-0.2, -0.15) is 0 Å². The van der Waals surface area contributed by atoms with E-state index in [9.17, 15) is 4.79 Å². The van der Waals surface area contributed by atoms with E-state index in [0.717, 1.165) is 32.7 Å². The summed E-state index contributed by atoms with van der Waals surface area (Å²) in [5.41, 5.74) is 0. The highest BCUT2D eigenvalue weighted by molar-refractivity contribution is 5.78. The number of nitrogens with zero attached hydrogens (tertiary/aromatic N) is 2. The predicted molar refractivity (Wildman–Crippen MR) is 68.9 cm³/mol. The maximum atomic E-state index is 12.2. The zero-order valence-electron chi connectivity index (χ0n) is 11.1. The number of hydrogen-bond acceptors (Lipinski definition) is 3. The minimum absolute atomic E-state index is 0.324. The molecule has 2 atom stereocenters. The fourth-order valence-corrected chi connectivity index (χ4v) is 2.81. The maximum absolute atomic E-state index is 12.2. The van der Waals surface area contributed by atoms with Crippen LogP contribution in [0.2, 0.25) is 0 Å². The van der Waals surface area contributed by atoms with Crippen molar-refractivity contribution < 1.29 is 4.79 Å². The average Bonchev–Trinajstić information content (AvgIpc) is 2.32. The third-order valence-corrected chi connectivity index (χ3v) is 3.99. The standard InChI is InChI=1S/C13H25N3O/c1-11-4-3-6-16(9-11)13(17)10-15-7-5-14-8-12(15)2/h11-12,14H,3-10H2,1-2H3/t11?,12-/m1/s1. The topological polar surface area (TPSA) is 35.6 Å². The third kappa shape index (κ3) is 3.42. The fraction of sp³-hybridized carbons (Fsp3) is 0.923. The lowest BCUT2D eigenvalue weighted by Crippen LogP contribution is -2.54. The summed E-state index contributed by atoms with van der Waals surface area (Å²) in [7, 11) is 0. The van der Waals surface area contributed by atoms with Gasteiger partial charge in [-0.1, -0.05) is 6.92 Å². The Morgan fingerprint density at radius 3 is 2.88 bits per heavy atom. The fourth-order valence-electron chi connectivity index (χ4n) is 2.81. The van der Waals surface area contributed by atoms with Crippen LogP contribution in [-0.2, 0) is 4.79 Å². The van der Waals surface area contributed by atoms with Gasteiger partial charge in [-0.05, 0) is 25.7 Å². The van der Waals surface area contributed by atoms with Gasteiger partial charge in [-0.15, -0.1) is 0 Å². The molecule has 1 amide bonds. The van der Waals surface area contributed by atoms with Crippen LogP contribution < -0.4 is 5.32 Å². The van der Waals surface area contributed by atoms with Gasteiger partial charge in [-0.3, -0.25) is 9.69 Å². The highest BCUT2D eigenvalue weighted by atomic mass is 16.2. The highest BCUT2D eigenvalue weighted by Gasteiger charge is 2.25. The molecule has 0 spiro atoms. The van der Waals surface area contributed by atoms with Crippen molar-refractivity contribution >= 4 is 5.91 Å². The van der Waals surface area contributed by atoms with E-state index in [0.29, 0.717) is 24.4 Å². The van der Waals surface area contributed by atoms with Gasteiger partial charge in [0.15, 0.2) is 0 Å². The van der Waals surface area contributed by atoms with Gasteiger partial charge >= 0.3 is 0 Å². The van der Waals surface area contributed by atoms with Gasteiger partial charge in [0, 0.05) is 38.8 Å². The average molecular weight is 239 g/mol. The number of rotatable bonds is 2. The molecule has 2 heterocycles. The molecule has 0 bridgehead atoms. The van der Waals surface area contributed by atoms with E-state index in [2.05, 4.69) is 29.0 Å². The van der Waals surface area contributed by atoms with Crippen molar-refractivity contribution in [1.82, 2.24) is 15.1 Å². The predicted octanol–water partition coefficient (Wildman–Crippen LogP) is 0.539. The Labute approximate surface area is 104 Å². The molecule has 1 N–H and O–H groups in total. The van der Waals surface area contributed by atoms with Gasteiger partial charge in [0.05, 0.1) is 6.54 Å². The molecular formula is C13H25N3O. The van der Waals surface area contributed by atoms with Crippen molar-refractivity contribution in [3.8, 4) is 0 Å². The lowest BCUT2D eigenvalue weighted by Gasteiger charge is -2.36. The molecule has 0 aliphatic carbocycles. The van der Waals surface area contributed by atoms with Gasteiger partial charge in [-0.25, -0.2) is 0 Å². The molecule has 4 heteroatoms. The van der Waals surface area contributed by atoms with E-state index in [-0.39, 0.29) is 0 Å². The molecule has 0 aromatic carbocycles. The zero-order valence-corrected chi connectivity index (χ0v) is 11.1. The summed E-state index contributed by atoms with van der Waals surface area (Å²) in [6.07, 6.45) is 2.44. The van der Waals surface area contributed by atoms with Crippen LogP contribution in [0.15, 0.2) is 0 Å². The molecule has 17 heavy (non-hydrogen) atoms. The minimum atomic E-state index is 0.324. The summed E-state index contributed by atoms with van der Waals surface area (Å²) in [5.74, 6) is 0.999. The summed E-state index contributed by atoms with van der Waals surface area (Å²) in [5, 5.41) is 3.36. The minimum Gasteiger partial charge on any atom is -0.341 e. The molecule has 2 aliphatic rings. The number of piperazine rings is 1. The lowest BCUT2D eigenvalue weighted by atomic mass is 10.0. The zero-order chi connectivity index (χ0) is 12.3. The molecule has 2 rings (SSSR count). The third-order valence-electron chi connectivity index (χ3n) is 3.99. The quantitative estimate of drug-likeness (QED) is 0.764. The van der Waals surface area contributed by atoms with Crippen LogP contribution in [0.25, 0.3) is 0 Å². The van der Waals surface area contributed by atoms with Crippen LogP contribution in [0, 0.1) is 5.92 Å². The molecule has 2 saturated heterocycles. The van der Waals surface area contributed by atoms with Crippen molar-refractivity contribution in [1.29, 1.82) is 0 Å². The number of amides is 1. The van der Waals surface area contributed by atoms with Crippen molar-refractivity contribution in [2.45, 2.75) is 32.7 Å². The van der Waals surface area contributed by atoms with Crippen LogP contribution in [-0.4, -0.2) is 61.0 Å². The van der Waals surface area contributed by atoms with Gasteiger partial charge < -0.3 is 10.2 Å². The van der Waals surface area contributed by atoms with Crippen molar-refractivity contribution in [2.75, 3.05) is 39.3 Å². The summed E-state index contributed by atoms with van der Waals surface area (Å²) < 4.78 is 0. The Hall–Kier alpha value is -0.610. The van der Waals surface area contributed by atoms with Crippen LogP contribution >= 0.6 is 0 Å². The van der Waals surface area contributed by atoms with Gasteiger partial charge in [0.25, 0.3) is 0 Å². The Morgan fingerprint density at radius 1 is 1.35 bits per heavy atom. The van der Waals surface area contributed by atoms with Crippen LogP contribution in [0.1, 0.15) is 26.7 Å². The Morgan fingerprint density at radius 2 is 2.18 bits per heavy atom. The summed E-state index contributed by atoms with van der Waals surface area (Å²) in [6.45, 7) is 9.97. The Balaban J connectivity index is 1.83. The smallest absolute Gasteiger partial charge is 0.236 e. The van der Waals surface area contributed by atoms with E-state index >= 15 is 0 Å². The molecule has 1 unspecified atom stereocenters. The van der Waals surface area contributed by atoms with Crippen LogP contribution in [0.5, 0.6) is 0 Å². The molecule has 0 radical (unpaired) electrons. The molecular weight excluding hydrogens is 214 g/mol. The Kier molecular flexibility index (Phi) is 4.40. The number of carbonyl (C=O) groups excluding carboxylic acids is 1. The summed E-state index contributed by atoms with van der Waals surface area (Å²) in [6, 6.07) is 0.481. The van der Waals surface area contributed by atoms with Gasteiger partial charge in [0.1, 0.15) is 0 Å². The number of likely N-dealkylation sites (tertiary alicyclic amines) is 1. The number of hydrogen-bond donors (Lipinski definition) is 1. The number of nitrogens with one attached hydrogen (secondary N) is 1. The molecule has 2 aliphatic heterocycles. The first-order valence-corrected chi connectivity index (χ1v) is 6.89. The molecule has 0 saturated carbocycles. The summed E-state index contributed by atoms with van der Waals surface area (Å²) in [4.78, 5) is 16.6. The second kappa shape index (κ2) is 5.83. The molecule has 0 aromatic heterocycles. The van der Waals surface area contributed by atoms with Gasteiger partial charge in [0.2, 0.25) is 5.91 Å². The SMILES string of the molecule is CC1CCCN(C(=O)CN2CCNC[C@H]2C)C1. The van der Waals surface area contributed by atoms with Crippen molar-refractivity contribution in [2.24, 2.45) is 5.92 Å².